The lowest BCUT2D eigenvalue weighted by Gasteiger charge is -2.18. The van der Waals surface area contributed by atoms with Gasteiger partial charge in [0.25, 0.3) is 0 Å². The van der Waals surface area contributed by atoms with Gasteiger partial charge in [0.05, 0.1) is 10.3 Å². The molecule has 0 heterocycles. The predicted molar refractivity (Wildman–Crippen MR) is 66.4 cm³/mol. The molecule has 0 saturated carbocycles. The largest absolute Gasteiger partial charge is 0.416 e. The van der Waals surface area contributed by atoms with Crippen LogP contribution in [0.1, 0.15) is 25.0 Å². The number of benzene rings is 1. The summed E-state index contributed by atoms with van der Waals surface area (Å²) in [7, 11) is 0. The molecule has 1 rings (SSSR count). The smallest absolute Gasteiger partial charge is 0.277 e. The molecule has 1 aromatic rings. The fourth-order valence-electron chi connectivity index (χ4n) is 1.14. The SMILES string of the molecule is CC(C)(SN)C(F)=Cc1ccc(C(F)(F)F)cc1. The molecule has 1 nitrogen and oxygen atoms in total. The van der Waals surface area contributed by atoms with Crippen molar-refractivity contribution in [1.82, 2.24) is 0 Å². The van der Waals surface area contributed by atoms with Crippen LogP contribution in [0.15, 0.2) is 30.1 Å². The Morgan fingerprint density at radius 2 is 1.67 bits per heavy atom. The Morgan fingerprint density at radius 3 is 2.06 bits per heavy atom. The Balaban J connectivity index is 2.97. The third kappa shape index (κ3) is 3.74. The van der Waals surface area contributed by atoms with Gasteiger partial charge in [-0.05, 0) is 37.6 Å². The molecule has 0 aliphatic rings. The zero-order valence-corrected chi connectivity index (χ0v) is 10.7. The van der Waals surface area contributed by atoms with Gasteiger partial charge in [-0.15, -0.1) is 0 Å². The highest BCUT2D eigenvalue weighted by molar-refractivity contribution is 7.98. The summed E-state index contributed by atoms with van der Waals surface area (Å²) in [6, 6.07) is 4.28. The van der Waals surface area contributed by atoms with E-state index in [1.165, 1.54) is 18.2 Å². The molecule has 0 fully saturated rings. The molecule has 0 aromatic heterocycles. The normalized spacial score (nSPS) is 13.8. The summed E-state index contributed by atoms with van der Waals surface area (Å²) in [6.07, 6.45) is -3.20. The fourth-order valence-corrected chi connectivity index (χ4v) is 1.32. The number of rotatable bonds is 3. The van der Waals surface area contributed by atoms with Crippen molar-refractivity contribution in [3.63, 3.8) is 0 Å². The van der Waals surface area contributed by atoms with Crippen molar-refractivity contribution in [3.8, 4) is 0 Å². The highest BCUT2D eigenvalue weighted by Crippen LogP contribution is 2.32. The Bertz CT molecular complexity index is 434. The van der Waals surface area contributed by atoms with Crippen LogP contribution in [0.3, 0.4) is 0 Å². The van der Waals surface area contributed by atoms with Gasteiger partial charge in [0.2, 0.25) is 0 Å². The van der Waals surface area contributed by atoms with E-state index in [-0.39, 0.29) is 0 Å². The zero-order valence-electron chi connectivity index (χ0n) is 9.88. The van der Waals surface area contributed by atoms with Gasteiger partial charge >= 0.3 is 6.18 Å². The molecule has 0 atom stereocenters. The van der Waals surface area contributed by atoms with Crippen LogP contribution in [-0.4, -0.2) is 4.75 Å². The third-order valence-electron chi connectivity index (χ3n) is 2.40. The van der Waals surface area contributed by atoms with E-state index in [2.05, 4.69) is 0 Å². The number of halogens is 4. The molecule has 18 heavy (non-hydrogen) atoms. The van der Waals surface area contributed by atoms with Crippen molar-refractivity contribution >= 4 is 18.0 Å². The molecule has 0 unspecified atom stereocenters. The maximum Gasteiger partial charge on any atom is 0.416 e. The molecule has 2 N–H and O–H groups in total. The zero-order chi connectivity index (χ0) is 14.0. The molecule has 0 aliphatic carbocycles. The van der Waals surface area contributed by atoms with Crippen molar-refractivity contribution in [2.45, 2.75) is 24.8 Å². The first-order valence-electron chi connectivity index (χ1n) is 5.09. The van der Waals surface area contributed by atoms with E-state index < -0.39 is 22.3 Å². The summed E-state index contributed by atoms with van der Waals surface area (Å²) in [6.45, 7) is 3.18. The van der Waals surface area contributed by atoms with Crippen LogP contribution in [0, 0.1) is 0 Å². The average Bonchev–Trinajstić information content (AvgIpc) is 2.28. The first kappa shape index (κ1) is 15.0. The summed E-state index contributed by atoms with van der Waals surface area (Å²) in [4.78, 5) is 0. The van der Waals surface area contributed by atoms with Crippen molar-refractivity contribution in [1.29, 1.82) is 0 Å². The van der Waals surface area contributed by atoms with Gasteiger partial charge in [0.15, 0.2) is 0 Å². The van der Waals surface area contributed by atoms with Gasteiger partial charge in [0, 0.05) is 0 Å². The first-order chi connectivity index (χ1) is 8.16. The quantitative estimate of drug-likeness (QED) is 0.655. The molecular formula is C12H13F4NS. The van der Waals surface area contributed by atoms with Gasteiger partial charge in [-0.3, -0.25) is 5.14 Å². The van der Waals surface area contributed by atoms with Crippen LogP contribution in [0.5, 0.6) is 0 Å². The molecule has 0 bridgehead atoms. The average molecular weight is 279 g/mol. The van der Waals surface area contributed by atoms with E-state index in [1.807, 2.05) is 0 Å². The van der Waals surface area contributed by atoms with Gasteiger partial charge in [-0.2, -0.15) is 13.2 Å². The molecule has 100 valence electrons. The minimum Gasteiger partial charge on any atom is -0.277 e. The second-order valence-corrected chi connectivity index (χ2v) is 5.50. The van der Waals surface area contributed by atoms with Crippen molar-refractivity contribution in [2.24, 2.45) is 5.14 Å². The maximum absolute atomic E-state index is 13.7. The van der Waals surface area contributed by atoms with E-state index >= 15 is 0 Å². The van der Waals surface area contributed by atoms with E-state index in [9.17, 15) is 17.6 Å². The Morgan fingerprint density at radius 1 is 1.17 bits per heavy atom. The van der Waals surface area contributed by atoms with E-state index in [0.717, 1.165) is 24.1 Å². The number of alkyl halides is 3. The van der Waals surface area contributed by atoms with Crippen LogP contribution < -0.4 is 5.14 Å². The summed E-state index contributed by atoms with van der Waals surface area (Å²) in [5.74, 6) is -0.491. The predicted octanol–water partition coefficient (Wildman–Crippen LogP) is 4.40. The number of hydrogen-bond acceptors (Lipinski definition) is 2. The van der Waals surface area contributed by atoms with E-state index in [4.69, 9.17) is 5.14 Å². The summed E-state index contributed by atoms with van der Waals surface area (Å²) in [5.41, 5.74) is -0.393. The van der Waals surface area contributed by atoms with Crippen LogP contribution in [0.25, 0.3) is 6.08 Å². The van der Waals surface area contributed by atoms with Gasteiger partial charge in [-0.25, -0.2) is 4.39 Å². The van der Waals surface area contributed by atoms with Gasteiger partial charge < -0.3 is 0 Å². The number of nitrogens with two attached hydrogens (primary N) is 1. The first-order valence-corrected chi connectivity index (χ1v) is 5.97. The maximum atomic E-state index is 13.7. The standard InChI is InChI=1S/C12H13F4NS/c1-11(2,18-17)10(13)7-8-3-5-9(6-4-8)12(14,15)16/h3-7H,17H2,1-2H3. The van der Waals surface area contributed by atoms with Crippen LogP contribution in [0.2, 0.25) is 0 Å². The lowest BCUT2D eigenvalue weighted by atomic mass is 10.1. The Labute approximate surface area is 107 Å². The third-order valence-corrected chi connectivity index (χ3v) is 3.19. The minimum atomic E-state index is -4.38. The lowest BCUT2D eigenvalue weighted by molar-refractivity contribution is -0.137. The van der Waals surface area contributed by atoms with E-state index in [0.29, 0.717) is 5.56 Å². The van der Waals surface area contributed by atoms with Crippen LogP contribution in [0.4, 0.5) is 17.6 Å². The second kappa shape index (κ2) is 5.32. The molecule has 0 radical (unpaired) electrons. The lowest BCUT2D eigenvalue weighted by Crippen LogP contribution is -2.18. The summed E-state index contributed by atoms with van der Waals surface area (Å²) >= 11 is 0.839. The van der Waals surface area contributed by atoms with E-state index in [1.54, 1.807) is 13.8 Å². The summed E-state index contributed by atoms with van der Waals surface area (Å²) in [5, 5.41) is 5.33. The highest BCUT2D eigenvalue weighted by Gasteiger charge is 2.30. The minimum absolute atomic E-state index is 0.364. The van der Waals surface area contributed by atoms with Crippen molar-refractivity contribution < 1.29 is 17.6 Å². The van der Waals surface area contributed by atoms with Gasteiger partial charge in [0.1, 0.15) is 5.83 Å². The fraction of sp³-hybridized carbons (Fsp3) is 0.333. The molecule has 0 spiro atoms. The molecule has 6 heteroatoms. The monoisotopic (exact) mass is 279 g/mol. The Hall–Kier alpha value is -1.01. The molecule has 0 aliphatic heterocycles. The second-order valence-electron chi connectivity index (χ2n) is 4.24. The highest BCUT2D eigenvalue weighted by atomic mass is 32.2. The molecule has 0 saturated heterocycles. The van der Waals surface area contributed by atoms with Crippen molar-refractivity contribution in [3.05, 3.63) is 41.2 Å². The number of hydrogen-bond donors (Lipinski definition) is 1. The molecule has 0 amide bonds. The van der Waals surface area contributed by atoms with Crippen molar-refractivity contribution in [2.75, 3.05) is 0 Å². The topological polar surface area (TPSA) is 26.0 Å². The molecule has 1 aromatic carbocycles. The molecular weight excluding hydrogens is 266 g/mol. The summed E-state index contributed by atoms with van der Waals surface area (Å²) < 4.78 is 49.8. The Kier molecular flexibility index (Phi) is 4.45. The van der Waals surface area contributed by atoms with Crippen LogP contribution >= 0.6 is 11.9 Å². The van der Waals surface area contributed by atoms with Gasteiger partial charge in [-0.1, -0.05) is 24.1 Å². The van der Waals surface area contributed by atoms with Crippen LogP contribution in [-0.2, 0) is 6.18 Å².